The average molecular weight is 906 g/mol. The number of nitrogens with zero attached hydrogens (tertiary/aromatic N) is 8. The van der Waals surface area contributed by atoms with Crippen molar-refractivity contribution in [2.75, 3.05) is 53.2 Å². The van der Waals surface area contributed by atoms with Gasteiger partial charge in [-0.2, -0.15) is 0 Å². The molecule has 4 aromatic carbocycles. The summed E-state index contributed by atoms with van der Waals surface area (Å²) in [6.07, 6.45) is 0.0427. The lowest BCUT2D eigenvalue weighted by Gasteiger charge is -2.15. The summed E-state index contributed by atoms with van der Waals surface area (Å²) in [4.78, 5) is 36.7. The van der Waals surface area contributed by atoms with E-state index in [0.717, 1.165) is 33.6 Å². The first-order valence-electron chi connectivity index (χ1n) is 20.8. The first kappa shape index (κ1) is 44.2. The number of carbonyl (C=O) groups is 2. The maximum absolute atomic E-state index is 13.3. The zero-order valence-corrected chi connectivity index (χ0v) is 37.2. The van der Waals surface area contributed by atoms with Crippen molar-refractivity contribution in [2.24, 2.45) is 9.98 Å². The lowest BCUT2D eigenvalue weighted by molar-refractivity contribution is -0.123. The van der Waals surface area contributed by atoms with Crippen molar-refractivity contribution in [3.63, 3.8) is 0 Å². The summed E-state index contributed by atoms with van der Waals surface area (Å²) in [5.41, 5.74) is 6.06. The lowest BCUT2D eigenvalue weighted by Crippen LogP contribution is -2.29. The molecule has 0 unspecified atom stereocenters. The lowest BCUT2D eigenvalue weighted by atomic mass is 10.00. The minimum atomic E-state index is -0.926. The number of hydrogen-bond donors (Lipinski definition) is 2. The van der Waals surface area contributed by atoms with Gasteiger partial charge in [-0.3, -0.25) is 28.7 Å². The van der Waals surface area contributed by atoms with E-state index in [1.807, 2.05) is 103 Å². The van der Waals surface area contributed by atoms with Crippen LogP contribution >= 0.6 is 23.2 Å². The van der Waals surface area contributed by atoms with Crippen molar-refractivity contribution in [3.8, 4) is 22.9 Å². The van der Waals surface area contributed by atoms with Crippen LogP contribution in [0.15, 0.2) is 94.9 Å². The number of ether oxygens (including phenoxy) is 4. The predicted octanol–water partition coefficient (Wildman–Crippen LogP) is 6.32. The fourth-order valence-electron chi connectivity index (χ4n) is 7.61. The first-order valence-corrected chi connectivity index (χ1v) is 21.6. The third-order valence-electron chi connectivity index (χ3n) is 10.6. The Morgan fingerprint density at radius 2 is 1.20 bits per heavy atom. The highest BCUT2D eigenvalue weighted by Gasteiger charge is 2.33. The van der Waals surface area contributed by atoms with Gasteiger partial charge in [0.1, 0.15) is 35.8 Å². The largest absolute Gasteiger partial charge is 0.497 e. The number of methoxy groups -OCH3 is 1. The number of rotatable bonds is 17. The summed E-state index contributed by atoms with van der Waals surface area (Å²) < 4.78 is 27.0. The molecule has 0 spiro atoms. The topological polar surface area (TPSA) is 181 Å². The van der Waals surface area contributed by atoms with Crippen molar-refractivity contribution in [1.82, 2.24) is 40.2 Å². The van der Waals surface area contributed by atoms with Crippen LogP contribution in [0.5, 0.6) is 11.5 Å². The maximum atomic E-state index is 13.3. The van der Waals surface area contributed by atoms with Crippen LogP contribution < -0.4 is 20.1 Å². The molecule has 4 heterocycles. The molecule has 2 atom stereocenters. The Morgan fingerprint density at radius 3 is 1.83 bits per heavy atom. The summed E-state index contributed by atoms with van der Waals surface area (Å²) in [6, 6.07) is 24.6. The Labute approximate surface area is 379 Å². The molecule has 0 radical (unpaired) electrons. The van der Waals surface area contributed by atoms with Gasteiger partial charge in [-0.25, -0.2) is 0 Å². The zero-order chi connectivity index (χ0) is 44.7. The molecule has 2 aliphatic rings. The van der Waals surface area contributed by atoms with E-state index < -0.39 is 12.1 Å². The molecule has 0 aliphatic carbocycles. The van der Waals surface area contributed by atoms with Crippen molar-refractivity contribution in [2.45, 2.75) is 39.3 Å². The van der Waals surface area contributed by atoms with Crippen LogP contribution in [0.1, 0.15) is 71.0 Å². The molecule has 16 nitrogen and oxygen atoms in total. The second-order valence-electron chi connectivity index (χ2n) is 14.9. The molecule has 330 valence electrons. The van der Waals surface area contributed by atoms with Gasteiger partial charge in [0.05, 0.1) is 62.8 Å². The van der Waals surface area contributed by atoms with Crippen LogP contribution in [0.4, 0.5) is 0 Å². The molecule has 6 aromatic rings. The van der Waals surface area contributed by atoms with Crippen LogP contribution in [0, 0.1) is 13.8 Å². The zero-order valence-electron chi connectivity index (χ0n) is 35.7. The SMILES string of the molecule is CCNC(=O)[C@H]1N=C(c2ccc(Cl)cc2)c2cc(OCCOCCOCCNC(=O)C[C@@H]3N=C(c4ccc(Cl)cc4)c4cc(OC)ccc4-n4c(C)nnc43)ccc2-n2c(C)nnc21. The van der Waals surface area contributed by atoms with Gasteiger partial charge < -0.3 is 29.6 Å². The fraction of sp³-hybridized carbons (Fsp3) is 0.304. The van der Waals surface area contributed by atoms with Gasteiger partial charge in [-0.1, -0.05) is 47.5 Å². The molecular formula is C46H46Cl2N10O6. The second-order valence-corrected chi connectivity index (χ2v) is 15.7. The van der Waals surface area contributed by atoms with Gasteiger partial charge in [0, 0.05) is 45.4 Å². The van der Waals surface area contributed by atoms with Gasteiger partial charge >= 0.3 is 0 Å². The van der Waals surface area contributed by atoms with Crippen LogP contribution in [0.25, 0.3) is 11.4 Å². The van der Waals surface area contributed by atoms with Gasteiger partial charge in [0.25, 0.3) is 5.91 Å². The highest BCUT2D eigenvalue weighted by atomic mass is 35.5. The highest BCUT2D eigenvalue weighted by Crippen LogP contribution is 2.36. The molecule has 0 fully saturated rings. The quantitative estimate of drug-likeness (QED) is 0.0984. The normalized spacial score (nSPS) is 15.0. The van der Waals surface area contributed by atoms with Gasteiger partial charge in [-0.15, -0.1) is 20.4 Å². The molecular weight excluding hydrogens is 859 g/mol. The Bertz CT molecular complexity index is 2720. The summed E-state index contributed by atoms with van der Waals surface area (Å²) in [5, 5.41) is 24.5. The van der Waals surface area contributed by atoms with E-state index in [0.29, 0.717) is 89.2 Å². The minimum Gasteiger partial charge on any atom is -0.497 e. The molecule has 0 saturated heterocycles. The van der Waals surface area contributed by atoms with Gasteiger partial charge in [0.2, 0.25) is 5.91 Å². The van der Waals surface area contributed by atoms with Gasteiger partial charge in [0.15, 0.2) is 17.7 Å². The van der Waals surface area contributed by atoms with Crippen LogP contribution in [-0.2, 0) is 19.1 Å². The number of likely N-dealkylation sites (N-methyl/N-ethyl adjacent to an activating group) is 1. The average Bonchev–Trinajstić information content (AvgIpc) is 3.79. The number of aliphatic imine (C=N–C) groups is 2. The molecule has 2 amide bonds. The smallest absolute Gasteiger partial charge is 0.252 e. The third-order valence-corrected chi connectivity index (χ3v) is 11.1. The number of aryl methyl sites for hydroxylation is 2. The van der Waals surface area contributed by atoms with Crippen molar-refractivity contribution in [1.29, 1.82) is 0 Å². The van der Waals surface area contributed by atoms with Crippen LogP contribution in [-0.4, -0.2) is 106 Å². The highest BCUT2D eigenvalue weighted by molar-refractivity contribution is 6.31. The molecule has 2 aliphatic heterocycles. The third kappa shape index (κ3) is 9.55. The van der Waals surface area contributed by atoms with Crippen molar-refractivity contribution in [3.05, 3.63) is 141 Å². The fourth-order valence-corrected chi connectivity index (χ4v) is 7.86. The number of fused-ring (bicyclic) bond motifs is 6. The summed E-state index contributed by atoms with van der Waals surface area (Å²) >= 11 is 12.5. The Balaban J connectivity index is 0.837. The Kier molecular flexibility index (Phi) is 13.8. The molecule has 8 rings (SSSR count). The van der Waals surface area contributed by atoms with Crippen molar-refractivity contribution < 1.29 is 28.5 Å². The number of carbonyl (C=O) groups excluding carboxylic acids is 2. The van der Waals surface area contributed by atoms with Gasteiger partial charge in [-0.05, 0) is 81.4 Å². The van der Waals surface area contributed by atoms with E-state index in [-0.39, 0.29) is 31.4 Å². The van der Waals surface area contributed by atoms with E-state index in [9.17, 15) is 9.59 Å². The number of nitrogens with one attached hydrogen (secondary N) is 2. The number of halogens is 2. The molecule has 0 bridgehead atoms. The molecule has 64 heavy (non-hydrogen) atoms. The molecule has 2 aromatic heterocycles. The summed E-state index contributed by atoms with van der Waals surface area (Å²) in [6.45, 7) is 7.83. The van der Waals surface area contributed by atoms with E-state index in [1.165, 1.54) is 0 Å². The maximum Gasteiger partial charge on any atom is 0.252 e. The van der Waals surface area contributed by atoms with Crippen molar-refractivity contribution >= 4 is 46.4 Å². The first-order chi connectivity index (χ1) is 31.1. The molecule has 0 saturated carbocycles. The predicted molar refractivity (Wildman–Crippen MR) is 242 cm³/mol. The van der Waals surface area contributed by atoms with E-state index >= 15 is 0 Å². The second kappa shape index (κ2) is 19.9. The standard InChI is InChI=1S/C46H46Cl2N10O6/c1-5-49-46(60)43-45-56-54-28(3)58(45)39-17-15-34(25-36(39)42(52-43)30-8-12-32(48)13-9-30)64-23-22-63-21-20-62-19-18-50-40(59)26-37-44-55-53-27(2)57(44)38-16-14-33(61-4)24-35(38)41(51-37)29-6-10-31(47)11-7-29/h6-17,24-25,37,43H,5,18-23,26H2,1-4H3,(H,49,60)(H,50,59)/t37-,43-/m0/s1. The van der Waals surface area contributed by atoms with Crippen LogP contribution in [0.2, 0.25) is 10.0 Å². The number of hydrogen-bond acceptors (Lipinski definition) is 12. The molecule has 2 N–H and O–H groups in total. The van der Waals surface area contributed by atoms with E-state index in [4.69, 9.17) is 52.1 Å². The number of amides is 2. The minimum absolute atomic E-state index is 0.0427. The van der Waals surface area contributed by atoms with E-state index in [1.54, 1.807) is 19.2 Å². The monoisotopic (exact) mass is 904 g/mol. The summed E-state index contributed by atoms with van der Waals surface area (Å²) in [5.74, 6) is 3.05. The van der Waals surface area contributed by atoms with E-state index in [2.05, 4.69) is 31.0 Å². The van der Waals surface area contributed by atoms with Crippen LogP contribution in [0.3, 0.4) is 0 Å². The molecule has 18 heteroatoms. The number of benzene rings is 4. The Hall–Kier alpha value is -6.46. The summed E-state index contributed by atoms with van der Waals surface area (Å²) in [7, 11) is 1.62. The Morgan fingerprint density at radius 1 is 0.656 bits per heavy atom. The number of aromatic nitrogens is 6.